The van der Waals surface area contributed by atoms with Gasteiger partial charge < -0.3 is 24.6 Å². The third-order valence-electron chi connectivity index (χ3n) is 8.98. The number of carboxylic acids is 1. The summed E-state index contributed by atoms with van der Waals surface area (Å²) in [5, 5.41) is 23.7. The summed E-state index contributed by atoms with van der Waals surface area (Å²) < 4.78 is 16.7. The quantitative estimate of drug-likeness (QED) is 0.0902. The molecular formula is C37H33N3O10. The Balaban J connectivity index is 1.22. The van der Waals surface area contributed by atoms with E-state index in [1.54, 1.807) is 30.3 Å². The average molecular weight is 680 g/mol. The molecule has 13 nitrogen and oxygen atoms in total. The van der Waals surface area contributed by atoms with Gasteiger partial charge in [-0.3, -0.25) is 15.0 Å². The van der Waals surface area contributed by atoms with E-state index in [0.29, 0.717) is 11.1 Å². The molecule has 2 atom stereocenters. The molecule has 1 aliphatic carbocycles. The van der Waals surface area contributed by atoms with Crippen LogP contribution in [0.15, 0.2) is 103 Å². The number of carbonyl (C=O) groups is 4. The van der Waals surface area contributed by atoms with Crippen LogP contribution >= 0.6 is 0 Å². The van der Waals surface area contributed by atoms with E-state index < -0.39 is 47.2 Å². The summed E-state index contributed by atoms with van der Waals surface area (Å²) in [6, 6.07) is 28.4. The maximum atomic E-state index is 13.9. The molecule has 0 bridgehead atoms. The molecule has 0 aromatic heterocycles. The first-order valence-corrected chi connectivity index (χ1v) is 15.9. The highest BCUT2D eigenvalue weighted by Gasteiger charge is 2.51. The fourth-order valence-corrected chi connectivity index (χ4v) is 6.42. The van der Waals surface area contributed by atoms with Crippen molar-refractivity contribution in [2.45, 2.75) is 43.6 Å². The number of alkyl carbamates (subject to hydrolysis) is 1. The molecule has 50 heavy (non-hydrogen) atoms. The van der Waals surface area contributed by atoms with Gasteiger partial charge >= 0.3 is 24.1 Å². The van der Waals surface area contributed by atoms with Crippen LogP contribution in [0.4, 0.5) is 15.3 Å². The van der Waals surface area contributed by atoms with Gasteiger partial charge in [-0.25, -0.2) is 19.2 Å². The minimum Gasteiger partial charge on any atom is -0.480 e. The van der Waals surface area contributed by atoms with Gasteiger partial charge in [0.2, 0.25) is 0 Å². The molecule has 0 spiro atoms. The Morgan fingerprint density at radius 1 is 0.800 bits per heavy atom. The average Bonchev–Trinajstić information content (AvgIpc) is 3.45. The highest BCUT2D eigenvalue weighted by Crippen LogP contribution is 2.44. The van der Waals surface area contributed by atoms with E-state index in [1.807, 2.05) is 48.5 Å². The Morgan fingerprint density at radius 3 is 2.00 bits per heavy atom. The van der Waals surface area contributed by atoms with Crippen molar-refractivity contribution in [1.82, 2.24) is 10.2 Å². The van der Waals surface area contributed by atoms with E-state index in [0.717, 1.165) is 27.2 Å². The Labute approximate surface area is 286 Å². The maximum absolute atomic E-state index is 13.9. The first-order chi connectivity index (χ1) is 24.1. The molecule has 6 rings (SSSR count). The first-order valence-electron chi connectivity index (χ1n) is 15.9. The highest BCUT2D eigenvalue weighted by atomic mass is 16.6. The molecule has 0 radical (unpaired) electrons. The summed E-state index contributed by atoms with van der Waals surface area (Å²) in [7, 11) is 0. The van der Waals surface area contributed by atoms with Crippen LogP contribution in [0.25, 0.3) is 11.1 Å². The van der Waals surface area contributed by atoms with E-state index in [4.69, 9.17) is 14.2 Å². The molecule has 4 aromatic carbocycles. The van der Waals surface area contributed by atoms with Crippen LogP contribution in [0.5, 0.6) is 0 Å². The van der Waals surface area contributed by atoms with Crippen molar-refractivity contribution in [1.29, 1.82) is 0 Å². The number of ether oxygens (including phenoxy) is 3. The van der Waals surface area contributed by atoms with Crippen molar-refractivity contribution in [2.24, 2.45) is 0 Å². The highest BCUT2D eigenvalue weighted by molar-refractivity contribution is 5.89. The van der Waals surface area contributed by atoms with Gasteiger partial charge in [-0.2, -0.15) is 0 Å². The summed E-state index contributed by atoms with van der Waals surface area (Å²) in [5.41, 5.74) is 3.04. The number of aliphatic carboxylic acids is 1. The second-order valence-electron chi connectivity index (χ2n) is 12.1. The number of esters is 1. The van der Waals surface area contributed by atoms with Crippen molar-refractivity contribution in [3.63, 3.8) is 0 Å². The number of hydrogen-bond donors (Lipinski definition) is 2. The Kier molecular flexibility index (Phi) is 9.75. The lowest BCUT2D eigenvalue weighted by atomic mass is 9.85. The third-order valence-corrected chi connectivity index (χ3v) is 8.98. The first kappa shape index (κ1) is 33.7. The standard InChI is InChI=1S/C37H33N3O10/c41-33(42)32-18-19-37(23-39(32)36(45)50-21-24-8-2-1-3-9-24,34(43)48-20-25-14-16-26(17-15-25)40(46)47)38-35(44)49-22-31-29-12-6-4-10-27(29)28-11-5-7-13-30(28)31/h1-17,31-32H,18-23H2,(H,38,44)(H,41,42)/t32-,37-/m0/s1. The number of non-ortho nitro benzene ring substituents is 1. The molecule has 2 N–H and O–H groups in total. The van der Waals surface area contributed by atoms with Crippen molar-refractivity contribution >= 4 is 29.8 Å². The largest absolute Gasteiger partial charge is 0.480 e. The van der Waals surface area contributed by atoms with E-state index in [9.17, 15) is 34.4 Å². The van der Waals surface area contributed by atoms with E-state index in [-0.39, 0.29) is 44.3 Å². The van der Waals surface area contributed by atoms with Gasteiger partial charge in [0.1, 0.15) is 25.9 Å². The smallest absolute Gasteiger partial charge is 0.410 e. The molecule has 1 fully saturated rings. The number of nitrogens with one attached hydrogen (secondary N) is 1. The number of benzene rings is 4. The van der Waals surface area contributed by atoms with Crippen LogP contribution in [-0.4, -0.2) is 63.8 Å². The summed E-state index contributed by atoms with van der Waals surface area (Å²) >= 11 is 0. The molecule has 1 saturated heterocycles. The molecule has 0 unspecified atom stereocenters. The van der Waals surface area contributed by atoms with Crippen molar-refractivity contribution in [2.75, 3.05) is 13.2 Å². The summed E-state index contributed by atoms with van der Waals surface area (Å²) in [5.74, 6) is -2.53. The number of carbonyl (C=O) groups excluding carboxylic acids is 3. The van der Waals surface area contributed by atoms with Gasteiger partial charge in [0.25, 0.3) is 5.69 Å². The van der Waals surface area contributed by atoms with Gasteiger partial charge in [0, 0.05) is 18.1 Å². The zero-order valence-electron chi connectivity index (χ0n) is 26.7. The fraction of sp³-hybridized carbons (Fsp3) is 0.243. The molecule has 2 amide bonds. The zero-order chi connectivity index (χ0) is 35.3. The number of nitro groups is 1. The lowest BCUT2D eigenvalue weighted by molar-refractivity contribution is -0.384. The Bertz CT molecular complexity index is 1870. The van der Waals surface area contributed by atoms with E-state index in [2.05, 4.69) is 5.32 Å². The van der Waals surface area contributed by atoms with Crippen LogP contribution < -0.4 is 5.32 Å². The predicted octanol–water partition coefficient (Wildman–Crippen LogP) is 5.80. The lowest BCUT2D eigenvalue weighted by Gasteiger charge is -2.43. The number of nitrogens with zero attached hydrogens (tertiary/aromatic N) is 2. The predicted molar refractivity (Wildman–Crippen MR) is 178 cm³/mol. The molecule has 1 aliphatic heterocycles. The van der Waals surface area contributed by atoms with Gasteiger partial charge in [-0.15, -0.1) is 0 Å². The molecule has 0 saturated carbocycles. The molecule has 1 heterocycles. The number of amides is 2. The minimum absolute atomic E-state index is 0.0611. The number of carboxylic acid groups (broad SMARTS) is 1. The van der Waals surface area contributed by atoms with E-state index in [1.165, 1.54) is 24.3 Å². The molecular weight excluding hydrogens is 646 g/mol. The molecule has 13 heteroatoms. The number of fused-ring (bicyclic) bond motifs is 3. The Hall–Kier alpha value is -6.24. The lowest BCUT2D eigenvalue weighted by Crippen LogP contribution is -2.67. The number of likely N-dealkylation sites (tertiary alicyclic amines) is 1. The Morgan fingerprint density at radius 2 is 1.38 bits per heavy atom. The second-order valence-corrected chi connectivity index (χ2v) is 12.1. The van der Waals surface area contributed by atoms with Gasteiger partial charge in [-0.1, -0.05) is 78.9 Å². The van der Waals surface area contributed by atoms with Gasteiger partial charge in [0.15, 0.2) is 5.54 Å². The van der Waals surface area contributed by atoms with Crippen LogP contribution in [0.2, 0.25) is 0 Å². The summed E-state index contributed by atoms with van der Waals surface area (Å²) in [6.07, 6.45) is -2.38. The zero-order valence-corrected chi connectivity index (χ0v) is 26.7. The van der Waals surface area contributed by atoms with Crippen molar-refractivity contribution < 1.29 is 43.4 Å². The van der Waals surface area contributed by atoms with Crippen LogP contribution in [0.3, 0.4) is 0 Å². The maximum Gasteiger partial charge on any atom is 0.410 e. The normalized spacial score (nSPS) is 17.9. The third kappa shape index (κ3) is 7.11. The van der Waals surface area contributed by atoms with Gasteiger partial charge in [-0.05, 0) is 58.4 Å². The number of nitro benzene ring substituents is 1. The topological polar surface area (TPSA) is 175 Å². The number of hydrogen-bond acceptors (Lipinski definition) is 9. The van der Waals surface area contributed by atoms with Gasteiger partial charge in [0.05, 0.1) is 11.5 Å². The van der Waals surface area contributed by atoms with Crippen molar-refractivity contribution in [3.8, 4) is 11.1 Å². The van der Waals surface area contributed by atoms with Crippen LogP contribution in [0.1, 0.15) is 41.0 Å². The minimum atomic E-state index is -1.92. The molecule has 2 aliphatic rings. The fourth-order valence-electron chi connectivity index (χ4n) is 6.42. The van der Waals surface area contributed by atoms with E-state index >= 15 is 0 Å². The SMILES string of the molecule is O=C(N[C@@]1(C(=O)OCc2ccc([N+](=O)[O-])cc2)CC[C@@H](C(=O)O)N(C(=O)OCc2ccccc2)C1)OCC1c2ccccc2-c2ccccc21. The summed E-state index contributed by atoms with van der Waals surface area (Å²) in [4.78, 5) is 64.4. The molecule has 4 aromatic rings. The summed E-state index contributed by atoms with van der Waals surface area (Å²) in [6.45, 7) is -1.11. The van der Waals surface area contributed by atoms with Crippen molar-refractivity contribution in [3.05, 3.63) is 135 Å². The number of rotatable bonds is 10. The number of piperidine rings is 1. The second kappa shape index (κ2) is 14.5. The van der Waals surface area contributed by atoms with Crippen LogP contribution in [0, 0.1) is 10.1 Å². The molecule has 256 valence electrons. The monoisotopic (exact) mass is 679 g/mol. The van der Waals surface area contributed by atoms with Crippen LogP contribution in [-0.2, 0) is 37.0 Å².